The van der Waals surface area contributed by atoms with Gasteiger partial charge in [-0.1, -0.05) is 6.07 Å². The molecule has 0 bridgehead atoms. The van der Waals surface area contributed by atoms with E-state index in [9.17, 15) is 32.5 Å². The number of nitro groups is 1. The first-order chi connectivity index (χ1) is 10.2. The van der Waals surface area contributed by atoms with E-state index in [1.165, 1.54) is 12.1 Å². The van der Waals surface area contributed by atoms with Crippen LogP contribution in [0.5, 0.6) is 0 Å². The fourth-order valence-electron chi connectivity index (χ4n) is 2.32. The molecule has 1 aliphatic rings. The van der Waals surface area contributed by atoms with Crippen LogP contribution in [0.3, 0.4) is 0 Å². The maximum atomic E-state index is 13.2. The zero-order valence-electron chi connectivity index (χ0n) is 11.0. The molecule has 0 radical (unpaired) electrons. The molecule has 0 aliphatic carbocycles. The van der Waals surface area contributed by atoms with Crippen LogP contribution in [-0.4, -0.2) is 35.8 Å². The summed E-state index contributed by atoms with van der Waals surface area (Å²) in [6.45, 7) is -0.211. The van der Waals surface area contributed by atoms with Crippen LogP contribution in [0.2, 0.25) is 0 Å². The van der Waals surface area contributed by atoms with Gasteiger partial charge in [0, 0.05) is 17.2 Å². The number of anilines is 1. The summed E-state index contributed by atoms with van der Waals surface area (Å²) in [7, 11) is 0. The summed E-state index contributed by atoms with van der Waals surface area (Å²) in [5, 5.41) is 12.7. The van der Waals surface area contributed by atoms with Gasteiger partial charge in [0.05, 0.1) is 12.5 Å². The molecule has 0 saturated carbocycles. The summed E-state index contributed by atoms with van der Waals surface area (Å²) >= 11 is 0. The lowest BCUT2D eigenvalue weighted by Gasteiger charge is -2.20. The molecule has 1 saturated heterocycles. The SMILES string of the molecule is O=C(NC1CC([N+](=O)[O-])N(c2cccc(F)c2)C1)C(F)(F)F. The third-order valence-corrected chi connectivity index (χ3v) is 3.25. The molecule has 1 aromatic rings. The van der Waals surface area contributed by atoms with Gasteiger partial charge in [0.25, 0.3) is 6.17 Å². The quantitative estimate of drug-likeness (QED) is 0.522. The Bertz CT molecular complexity index is 593. The zero-order valence-corrected chi connectivity index (χ0v) is 11.0. The van der Waals surface area contributed by atoms with Gasteiger partial charge in [-0.3, -0.25) is 14.9 Å². The minimum atomic E-state index is -5.06. The summed E-state index contributed by atoms with van der Waals surface area (Å²) < 4.78 is 49.9. The van der Waals surface area contributed by atoms with E-state index in [-0.39, 0.29) is 18.7 Å². The summed E-state index contributed by atoms with van der Waals surface area (Å²) in [6.07, 6.45) is -6.69. The first-order valence-electron chi connectivity index (χ1n) is 6.22. The second-order valence-electron chi connectivity index (χ2n) is 4.80. The molecule has 1 aromatic carbocycles. The molecule has 10 heteroatoms. The predicted octanol–water partition coefficient (Wildman–Crippen LogP) is 1.69. The van der Waals surface area contributed by atoms with Crippen LogP contribution in [0.4, 0.5) is 23.2 Å². The fourth-order valence-corrected chi connectivity index (χ4v) is 2.32. The molecule has 1 amide bonds. The minimum Gasteiger partial charge on any atom is -0.343 e. The average molecular weight is 321 g/mol. The molecule has 120 valence electrons. The fraction of sp³-hybridized carbons (Fsp3) is 0.417. The van der Waals surface area contributed by atoms with Crippen LogP contribution >= 0.6 is 0 Å². The van der Waals surface area contributed by atoms with Gasteiger partial charge < -0.3 is 10.2 Å². The molecule has 2 unspecified atom stereocenters. The van der Waals surface area contributed by atoms with Gasteiger partial charge in [-0.05, 0) is 18.2 Å². The van der Waals surface area contributed by atoms with Crippen molar-refractivity contribution < 1.29 is 27.3 Å². The van der Waals surface area contributed by atoms with Crippen molar-refractivity contribution in [2.75, 3.05) is 11.4 Å². The van der Waals surface area contributed by atoms with Crippen molar-refractivity contribution in [1.29, 1.82) is 0 Å². The van der Waals surface area contributed by atoms with Gasteiger partial charge in [-0.15, -0.1) is 0 Å². The van der Waals surface area contributed by atoms with Gasteiger partial charge in [0.15, 0.2) is 0 Å². The van der Waals surface area contributed by atoms with E-state index < -0.39 is 35.0 Å². The van der Waals surface area contributed by atoms with Crippen molar-refractivity contribution in [3.63, 3.8) is 0 Å². The van der Waals surface area contributed by atoms with Crippen LogP contribution in [0.1, 0.15) is 6.42 Å². The number of rotatable bonds is 3. The maximum Gasteiger partial charge on any atom is 0.471 e. The van der Waals surface area contributed by atoms with E-state index in [1.807, 2.05) is 0 Å². The number of amides is 1. The van der Waals surface area contributed by atoms with Crippen molar-refractivity contribution in [2.24, 2.45) is 0 Å². The van der Waals surface area contributed by atoms with Gasteiger partial charge in [-0.2, -0.15) is 13.2 Å². The minimum absolute atomic E-state index is 0.172. The summed E-state index contributed by atoms with van der Waals surface area (Å²) in [6, 6.07) is 3.89. The van der Waals surface area contributed by atoms with Gasteiger partial charge in [0.1, 0.15) is 5.82 Å². The lowest BCUT2D eigenvalue weighted by atomic mass is 10.2. The van der Waals surface area contributed by atoms with Gasteiger partial charge in [0.2, 0.25) is 0 Å². The molecule has 22 heavy (non-hydrogen) atoms. The third kappa shape index (κ3) is 3.43. The van der Waals surface area contributed by atoms with Gasteiger partial charge >= 0.3 is 12.1 Å². The number of halogens is 4. The Hall–Kier alpha value is -2.39. The largest absolute Gasteiger partial charge is 0.471 e. The second-order valence-corrected chi connectivity index (χ2v) is 4.80. The van der Waals surface area contributed by atoms with Crippen LogP contribution in [0.25, 0.3) is 0 Å². The van der Waals surface area contributed by atoms with Crippen LogP contribution < -0.4 is 10.2 Å². The van der Waals surface area contributed by atoms with E-state index >= 15 is 0 Å². The lowest BCUT2D eigenvalue weighted by molar-refractivity contribution is -0.519. The van der Waals surface area contributed by atoms with E-state index in [1.54, 1.807) is 5.32 Å². The summed E-state index contributed by atoms with van der Waals surface area (Å²) in [5.74, 6) is -2.77. The number of carbonyl (C=O) groups excluding carboxylic acids is 1. The standard InChI is InChI=1S/C12H11F4N3O3/c13-7-2-1-3-9(4-7)18-6-8(5-10(18)19(21)22)17-11(20)12(14,15)16/h1-4,8,10H,5-6H2,(H,17,20). The smallest absolute Gasteiger partial charge is 0.343 e. The van der Waals surface area contributed by atoms with Crippen LogP contribution in [0, 0.1) is 15.9 Å². The second kappa shape index (κ2) is 5.78. The normalized spacial score (nSPS) is 21.7. The van der Waals surface area contributed by atoms with Crippen LogP contribution in [-0.2, 0) is 4.79 Å². The number of nitrogens with one attached hydrogen (secondary N) is 1. The van der Waals surface area contributed by atoms with E-state index in [0.29, 0.717) is 0 Å². The molecular weight excluding hydrogens is 310 g/mol. The first-order valence-corrected chi connectivity index (χ1v) is 6.22. The number of alkyl halides is 3. The van der Waals surface area contributed by atoms with Crippen molar-refractivity contribution in [1.82, 2.24) is 5.32 Å². The Kier molecular flexibility index (Phi) is 4.20. The Morgan fingerprint density at radius 2 is 2.09 bits per heavy atom. The Morgan fingerprint density at radius 1 is 1.41 bits per heavy atom. The Balaban J connectivity index is 2.17. The maximum absolute atomic E-state index is 13.2. The molecule has 6 nitrogen and oxygen atoms in total. The Labute approximate surface area is 121 Å². The molecule has 2 atom stereocenters. The van der Waals surface area contributed by atoms with Crippen molar-refractivity contribution >= 4 is 11.6 Å². The molecule has 2 rings (SSSR count). The molecule has 1 N–H and O–H groups in total. The highest BCUT2D eigenvalue weighted by atomic mass is 19.4. The van der Waals surface area contributed by atoms with Crippen molar-refractivity contribution in [3.05, 3.63) is 40.2 Å². The monoisotopic (exact) mass is 321 g/mol. The number of benzene rings is 1. The molecule has 0 aromatic heterocycles. The summed E-state index contributed by atoms with van der Waals surface area (Å²) in [4.78, 5) is 22.4. The third-order valence-electron chi connectivity index (χ3n) is 3.25. The highest BCUT2D eigenvalue weighted by molar-refractivity contribution is 5.82. The van der Waals surface area contributed by atoms with Gasteiger partial charge in [-0.25, -0.2) is 4.39 Å². The summed E-state index contributed by atoms with van der Waals surface area (Å²) in [5.41, 5.74) is 0.172. The van der Waals surface area contributed by atoms with E-state index in [2.05, 4.69) is 0 Å². The highest BCUT2D eigenvalue weighted by Crippen LogP contribution is 2.27. The number of carbonyl (C=O) groups is 1. The molecule has 1 aliphatic heterocycles. The number of nitrogens with zero attached hydrogens (tertiary/aromatic N) is 2. The molecule has 1 fully saturated rings. The average Bonchev–Trinajstić information content (AvgIpc) is 2.81. The van der Waals surface area contributed by atoms with Crippen molar-refractivity contribution in [2.45, 2.75) is 24.8 Å². The Morgan fingerprint density at radius 3 is 2.64 bits per heavy atom. The predicted molar refractivity (Wildman–Crippen MR) is 67.1 cm³/mol. The van der Waals surface area contributed by atoms with E-state index in [0.717, 1.165) is 17.0 Å². The first kappa shape index (κ1) is 16.0. The highest BCUT2D eigenvalue weighted by Gasteiger charge is 2.45. The number of hydrogen-bond donors (Lipinski definition) is 1. The molecule has 0 spiro atoms. The van der Waals surface area contributed by atoms with Crippen molar-refractivity contribution in [3.8, 4) is 0 Å². The molecule has 1 heterocycles. The number of hydrogen-bond acceptors (Lipinski definition) is 4. The van der Waals surface area contributed by atoms with E-state index in [4.69, 9.17) is 0 Å². The zero-order chi connectivity index (χ0) is 16.5. The topological polar surface area (TPSA) is 75.5 Å². The lowest BCUT2D eigenvalue weighted by Crippen LogP contribution is -2.44. The molecular formula is C12H11F4N3O3. The van der Waals surface area contributed by atoms with Crippen LogP contribution in [0.15, 0.2) is 24.3 Å².